The third-order valence-electron chi connectivity index (χ3n) is 4.61. The maximum Gasteiger partial charge on any atom is 0.242 e. The fourth-order valence-electron chi connectivity index (χ4n) is 3.16. The van der Waals surface area contributed by atoms with E-state index >= 15 is 0 Å². The van der Waals surface area contributed by atoms with Gasteiger partial charge in [0.05, 0.1) is 6.61 Å². The summed E-state index contributed by atoms with van der Waals surface area (Å²) in [5, 5.41) is 9.29. The molecule has 0 aromatic heterocycles. The molecule has 1 aliphatic heterocycles. The minimum Gasteiger partial charge on any atom is -0.384 e. The average Bonchev–Trinajstić information content (AvgIpc) is 2.50. The maximum absolute atomic E-state index is 12.6. The molecule has 2 amide bonds. The Morgan fingerprint density at radius 2 is 1.79 bits per heavy atom. The number of piperidine rings is 1. The molecule has 0 saturated carbocycles. The van der Waals surface area contributed by atoms with Gasteiger partial charge < -0.3 is 20.7 Å². The lowest BCUT2D eigenvalue weighted by atomic mass is 9.79. The summed E-state index contributed by atoms with van der Waals surface area (Å²) in [6.07, 6.45) is 2.40. The van der Waals surface area contributed by atoms with Gasteiger partial charge in [-0.1, -0.05) is 27.7 Å². The van der Waals surface area contributed by atoms with Gasteiger partial charge in [-0.15, -0.1) is 0 Å². The quantitative estimate of drug-likeness (QED) is 0.591. The van der Waals surface area contributed by atoms with Crippen molar-refractivity contribution in [1.82, 2.24) is 16.0 Å². The van der Waals surface area contributed by atoms with Crippen LogP contribution in [0.3, 0.4) is 0 Å². The lowest BCUT2D eigenvalue weighted by Gasteiger charge is -2.37. The Bertz CT molecular complexity index is 399. The molecule has 24 heavy (non-hydrogen) atoms. The second-order valence-electron chi connectivity index (χ2n) is 7.79. The molecule has 0 bridgehead atoms. The van der Waals surface area contributed by atoms with E-state index in [0.717, 1.165) is 25.9 Å². The highest BCUT2D eigenvalue weighted by atomic mass is 16.5. The highest BCUT2D eigenvalue weighted by molar-refractivity contribution is 5.87. The highest BCUT2D eigenvalue weighted by Crippen LogP contribution is 2.28. The zero-order valence-electron chi connectivity index (χ0n) is 15.9. The van der Waals surface area contributed by atoms with Crippen molar-refractivity contribution in [2.75, 3.05) is 33.4 Å². The van der Waals surface area contributed by atoms with E-state index in [1.165, 1.54) is 0 Å². The fraction of sp³-hybridized carbons (Fsp3) is 0.889. The third kappa shape index (κ3) is 6.77. The van der Waals surface area contributed by atoms with Gasteiger partial charge >= 0.3 is 0 Å². The summed E-state index contributed by atoms with van der Waals surface area (Å²) < 4.78 is 5.38. The van der Waals surface area contributed by atoms with Crippen molar-refractivity contribution in [2.24, 2.45) is 17.3 Å². The van der Waals surface area contributed by atoms with E-state index in [4.69, 9.17) is 4.74 Å². The molecule has 1 atom stereocenters. The average molecular weight is 341 g/mol. The summed E-state index contributed by atoms with van der Waals surface area (Å²) in [5.41, 5.74) is -0.0148. The van der Waals surface area contributed by atoms with Crippen LogP contribution in [0.25, 0.3) is 0 Å². The highest BCUT2D eigenvalue weighted by Gasteiger charge is 2.34. The Hall–Kier alpha value is -1.14. The first-order valence-electron chi connectivity index (χ1n) is 9.06. The van der Waals surface area contributed by atoms with Crippen LogP contribution in [0, 0.1) is 17.3 Å². The Morgan fingerprint density at radius 3 is 2.29 bits per heavy atom. The minimum atomic E-state index is -0.488. The molecule has 140 valence electrons. The first kappa shape index (κ1) is 20.9. The second-order valence-corrected chi connectivity index (χ2v) is 7.79. The molecule has 1 heterocycles. The van der Waals surface area contributed by atoms with Crippen molar-refractivity contribution in [3.05, 3.63) is 0 Å². The molecule has 0 aromatic carbocycles. The maximum atomic E-state index is 12.6. The van der Waals surface area contributed by atoms with E-state index in [9.17, 15) is 9.59 Å². The smallest absolute Gasteiger partial charge is 0.242 e. The molecule has 0 radical (unpaired) electrons. The van der Waals surface area contributed by atoms with Gasteiger partial charge in [0.2, 0.25) is 11.8 Å². The number of hydrogen-bond acceptors (Lipinski definition) is 4. The largest absolute Gasteiger partial charge is 0.384 e. The standard InChI is InChI=1S/C18H35N3O3/c1-13(2)10-15(22)21-16(14(3)4)17(23)20-11-18(12-24-5)6-8-19-9-7-18/h13-14,16,19H,6-12H2,1-5H3,(H,20,23)(H,21,22). The number of rotatable bonds is 9. The van der Waals surface area contributed by atoms with E-state index in [1.807, 2.05) is 27.7 Å². The molecule has 1 aliphatic rings. The van der Waals surface area contributed by atoms with Gasteiger partial charge in [0.15, 0.2) is 0 Å². The van der Waals surface area contributed by atoms with Gasteiger partial charge in [0.25, 0.3) is 0 Å². The van der Waals surface area contributed by atoms with Gasteiger partial charge in [-0.2, -0.15) is 0 Å². The topological polar surface area (TPSA) is 79.5 Å². The van der Waals surface area contributed by atoms with Crippen LogP contribution < -0.4 is 16.0 Å². The molecule has 1 unspecified atom stereocenters. The summed E-state index contributed by atoms with van der Waals surface area (Å²) in [4.78, 5) is 24.6. The number of hydrogen-bond donors (Lipinski definition) is 3. The molecule has 3 N–H and O–H groups in total. The number of methoxy groups -OCH3 is 1. The van der Waals surface area contributed by atoms with Crippen molar-refractivity contribution in [3.63, 3.8) is 0 Å². The molecule has 0 spiro atoms. The molecule has 6 nitrogen and oxygen atoms in total. The lowest BCUT2D eigenvalue weighted by molar-refractivity contribution is -0.131. The SMILES string of the molecule is COCC1(CNC(=O)C(NC(=O)CC(C)C)C(C)C)CCNCC1. The zero-order chi connectivity index (χ0) is 18.2. The van der Waals surface area contributed by atoms with E-state index in [1.54, 1.807) is 7.11 Å². The van der Waals surface area contributed by atoms with Crippen LogP contribution >= 0.6 is 0 Å². The van der Waals surface area contributed by atoms with Gasteiger partial charge in [-0.3, -0.25) is 9.59 Å². The summed E-state index contributed by atoms with van der Waals surface area (Å²) in [5.74, 6) is 0.163. The van der Waals surface area contributed by atoms with Crippen LogP contribution in [0.2, 0.25) is 0 Å². The second kappa shape index (κ2) is 9.99. The van der Waals surface area contributed by atoms with Gasteiger partial charge in [-0.25, -0.2) is 0 Å². The van der Waals surface area contributed by atoms with Crippen molar-refractivity contribution in [3.8, 4) is 0 Å². The molecule has 1 saturated heterocycles. The van der Waals surface area contributed by atoms with Gasteiger partial charge in [-0.05, 0) is 37.8 Å². The fourth-order valence-corrected chi connectivity index (χ4v) is 3.16. The van der Waals surface area contributed by atoms with Crippen LogP contribution in [0.15, 0.2) is 0 Å². The van der Waals surface area contributed by atoms with Gasteiger partial charge in [0.1, 0.15) is 6.04 Å². The van der Waals surface area contributed by atoms with Crippen LogP contribution in [0.1, 0.15) is 47.0 Å². The predicted octanol–water partition coefficient (Wildman–Crippen LogP) is 1.31. The summed E-state index contributed by atoms with van der Waals surface area (Å²) >= 11 is 0. The van der Waals surface area contributed by atoms with Crippen molar-refractivity contribution in [1.29, 1.82) is 0 Å². The Balaban J connectivity index is 2.62. The Morgan fingerprint density at radius 1 is 1.17 bits per heavy atom. The third-order valence-corrected chi connectivity index (χ3v) is 4.61. The Labute approximate surface area is 146 Å². The van der Waals surface area contributed by atoms with Crippen molar-refractivity contribution in [2.45, 2.75) is 53.0 Å². The molecular formula is C18H35N3O3. The first-order chi connectivity index (χ1) is 11.3. The lowest BCUT2D eigenvalue weighted by Crippen LogP contribution is -2.53. The van der Waals surface area contributed by atoms with E-state index < -0.39 is 6.04 Å². The molecule has 6 heteroatoms. The number of carbonyl (C=O) groups is 2. The first-order valence-corrected chi connectivity index (χ1v) is 9.06. The van der Waals surface area contributed by atoms with Crippen LogP contribution in [-0.4, -0.2) is 51.2 Å². The van der Waals surface area contributed by atoms with Crippen molar-refractivity contribution >= 4 is 11.8 Å². The number of ether oxygens (including phenoxy) is 1. The summed E-state index contributed by atoms with van der Waals surface area (Å²) in [7, 11) is 1.70. The Kier molecular flexibility index (Phi) is 8.70. The minimum absolute atomic E-state index is 0.0148. The number of nitrogens with one attached hydrogen (secondary N) is 3. The molecule has 0 aliphatic carbocycles. The van der Waals surface area contributed by atoms with Crippen LogP contribution in [0.5, 0.6) is 0 Å². The van der Waals surface area contributed by atoms with E-state index in [2.05, 4.69) is 16.0 Å². The van der Waals surface area contributed by atoms with Gasteiger partial charge in [0, 0.05) is 25.5 Å². The molecule has 1 rings (SSSR count). The number of amides is 2. The van der Waals surface area contributed by atoms with Crippen LogP contribution in [0.4, 0.5) is 0 Å². The normalized spacial score (nSPS) is 18.5. The molecule has 0 aromatic rings. The molecule has 1 fully saturated rings. The summed E-state index contributed by atoms with van der Waals surface area (Å²) in [6.45, 7) is 11.0. The number of carbonyl (C=O) groups excluding carboxylic acids is 2. The molecular weight excluding hydrogens is 306 g/mol. The van der Waals surface area contributed by atoms with Crippen molar-refractivity contribution < 1.29 is 14.3 Å². The predicted molar refractivity (Wildman–Crippen MR) is 95.6 cm³/mol. The van der Waals surface area contributed by atoms with Crippen LogP contribution in [-0.2, 0) is 14.3 Å². The summed E-state index contributed by atoms with van der Waals surface area (Å²) in [6, 6.07) is -0.488. The monoisotopic (exact) mass is 341 g/mol. The van der Waals surface area contributed by atoms with E-state index in [0.29, 0.717) is 19.6 Å². The zero-order valence-corrected chi connectivity index (χ0v) is 15.9. The van der Waals surface area contributed by atoms with E-state index in [-0.39, 0.29) is 29.1 Å².